The number of sulfone groups is 1. The van der Waals surface area contributed by atoms with Gasteiger partial charge < -0.3 is 5.32 Å². The van der Waals surface area contributed by atoms with Crippen molar-refractivity contribution in [2.45, 2.75) is 24.3 Å². The lowest BCUT2D eigenvalue weighted by atomic mass is 10.0. The van der Waals surface area contributed by atoms with Gasteiger partial charge in [0.1, 0.15) is 5.82 Å². The summed E-state index contributed by atoms with van der Waals surface area (Å²) in [5.41, 5.74) is 1.82. The molecule has 0 aliphatic carbocycles. The number of anilines is 1. The summed E-state index contributed by atoms with van der Waals surface area (Å²) in [7, 11) is -3.18. The minimum atomic E-state index is -3.18. The van der Waals surface area contributed by atoms with Crippen molar-refractivity contribution in [3.05, 3.63) is 59.9 Å². The van der Waals surface area contributed by atoms with Gasteiger partial charge in [-0.25, -0.2) is 12.8 Å². The second-order valence-corrected chi connectivity index (χ2v) is 6.97. The molecule has 0 aliphatic rings. The van der Waals surface area contributed by atoms with Crippen LogP contribution >= 0.6 is 0 Å². The van der Waals surface area contributed by atoms with Crippen molar-refractivity contribution in [1.82, 2.24) is 0 Å². The molecule has 5 heteroatoms. The quantitative estimate of drug-likeness (QED) is 0.914. The van der Waals surface area contributed by atoms with Crippen LogP contribution in [0, 0.1) is 5.82 Å². The van der Waals surface area contributed by atoms with Gasteiger partial charge in [0.05, 0.1) is 10.9 Å². The highest BCUT2D eigenvalue weighted by atomic mass is 32.2. The molecule has 1 unspecified atom stereocenters. The summed E-state index contributed by atoms with van der Waals surface area (Å²) in [6.45, 7) is 2.03. The van der Waals surface area contributed by atoms with E-state index in [1.54, 1.807) is 36.4 Å². The third kappa shape index (κ3) is 4.04. The van der Waals surface area contributed by atoms with Gasteiger partial charge in [0, 0.05) is 11.9 Å². The Morgan fingerprint density at radius 3 is 2.10 bits per heavy atom. The highest BCUT2D eigenvalue weighted by Gasteiger charge is 2.10. The molecule has 0 amide bonds. The Bertz CT molecular complexity index is 694. The molecule has 0 fully saturated rings. The van der Waals surface area contributed by atoms with Crippen LogP contribution in [0.1, 0.15) is 24.9 Å². The maximum atomic E-state index is 13.0. The van der Waals surface area contributed by atoms with Crippen LogP contribution in [0.2, 0.25) is 0 Å². The molecule has 2 aromatic carbocycles. The fourth-order valence-corrected chi connectivity index (χ4v) is 2.75. The maximum Gasteiger partial charge on any atom is 0.175 e. The van der Waals surface area contributed by atoms with Gasteiger partial charge in [-0.1, -0.05) is 19.1 Å². The summed E-state index contributed by atoms with van der Waals surface area (Å²) in [5, 5.41) is 3.33. The zero-order valence-electron chi connectivity index (χ0n) is 12.0. The SMILES string of the molecule is CCC(Nc1ccc(S(C)(=O)=O)cc1)c1ccc(F)cc1. The van der Waals surface area contributed by atoms with Crippen molar-refractivity contribution in [1.29, 1.82) is 0 Å². The molecule has 1 N–H and O–H groups in total. The van der Waals surface area contributed by atoms with Crippen LogP contribution in [-0.4, -0.2) is 14.7 Å². The molecule has 2 aromatic rings. The second kappa shape index (κ2) is 6.26. The van der Waals surface area contributed by atoms with E-state index in [2.05, 4.69) is 5.32 Å². The third-order valence-electron chi connectivity index (χ3n) is 3.30. The van der Waals surface area contributed by atoms with E-state index < -0.39 is 9.84 Å². The number of hydrogen-bond acceptors (Lipinski definition) is 3. The summed E-state index contributed by atoms with van der Waals surface area (Å²) in [6.07, 6.45) is 2.02. The molecule has 0 radical (unpaired) electrons. The van der Waals surface area contributed by atoms with Crippen molar-refractivity contribution in [2.75, 3.05) is 11.6 Å². The van der Waals surface area contributed by atoms with Crippen molar-refractivity contribution in [3.8, 4) is 0 Å². The molecule has 0 bridgehead atoms. The largest absolute Gasteiger partial charge is 0.378 e. The summed E-state index contributed by atoms with van der Waals surface area (Å²) in [6, 6.07) is 13.1. The average molecular weight is 307 g/mol. The van der Waals surface area contributed by atoms with Crippen molar-refractivity contribution in [2.24, 2.45) is 0 Å². The molecule has 0 spiro atoms. The summed E-state index contributed by atoms with van der Waals surface area (Å²) >= 11 is 0. The van der Waals surface area contributed by atoms with Gasteiger partial charge in [-0.2, -0.15) is 0 Å². The Kier molecular flexibility index (Phi) is 4.63. The summed E-state index contributed by atoms with van der Waals surface area (Å²) in [4.78, 5) is 0.294. The first-order valence-corrected chi connectivity index (χ1v) is 8.61. The first kappa shape index (κ1) is 15.5. The van der Waals surface area contributed by atoms with E-state index in [1.165, 1.54) is 18.4 Å². The van der Waals surface area contributed by atoms with E-state index in [0.717, 1.165) is 17.7 Å². The number of nitrogens with one attached hydrogen (secondary N) is 1. The standard InChI is InChI=1S/C16H18FNO2S/c1-3-16(12-4-6-13(17)7-5-12)18-14-8-10-15(11-9-14)21(2,19)20/h4-11,16,18H,3H2,1-2H3. The van der Waals surface area contributed by atoms with E-state index in [4.69, 9.17) is 0 Å². The highest BCUT2D eigenvalue weighted by molar-refractivity contribution is 7.90. The van der Waals surface area contributed by atoms with Gasteiger partial charge in [0.25, 0.3) is 0 Å². The van der Waals surface area contributed by atoms with Crippen LogP contribution in [0.3, 0.4) is 0 Å². The number of hydrogen-bond donors (Lipinski definition) is 1. The minimum Gasteiger partial charge on any atom is -0.378 e. The Morgan fingerprint density at radius 2 is 1.62 bits per heavy atom. The molecule has 0 saturated carbocycles. The lowest BCUT2D eigenvalue weighted by molar-refractivity contribution is 0.602. The van der Waals surface area contributed by atoms with E-state index in [-0.39, 0.29) is 11.9 Å². The Labute approximate surface area is 124 Å². The summed E-state index contributed by atoms with van der Waals surface area (Å²) < 4.78 is 35.8. The molecule has 2 rings (SSSR count). The van der Waals surface area contributed by atoms with Gasteiger partial charge in [-0.3, -0.25) is 0 Å². The predicted octanol–water partition coefficient (Wildman–Crippen LogP) is 3.79. The van der Waals surface area contributed by atoms with E-state index >= 15 is 0 Å². The lowest BCUT2D eigenvalue weighted by Crippen LogP contribution is -2.09. The van der Waals surface area contributed by atoms with E-state index in [9.17, 15) is 12.8 Å². The topological polar surface area (TPSA) is 46.2 Å². The van der Waals surface area contributed by atoms with Crippen LogP contribution in [0.25, 0.3) is 0 Å². The third-order valence-corrected chi connectivity index (χ3v) is 4.43. The van der Waals surface area contributed by atoms with E-state index in [0.29, 0.717) is 4.90 Å². The smallest absolute Gasteiger partial charge is 0.175 e. The zero-order chi connectivity index (χ0) is 15.5. The predicted molar refractivity (Wildman–Crippen MR) is 82.6 cm³/mol. The van der Waals surface area contributed by atoms with Gasteiger partial charge in [0.2, 0.25) is 0 Å². The number of halogens is 1. The van der Waals surface area contributed by atoms with Crippen LogP contribution in [0.5, 0.6) is 0 Å². The maximum absolute atomic E-state index is 13.0. The molecule has 0 saturated heterocycles. The Morgan fingerprint density at radius 1 is 1.05 bits per heavy atom. The number of benzene rings is 2. The monoisotopic (exact) mass is 307 g/mol. The second-order valence-electron chi connectivity index (χ2n) is 4.95. The van der Waals surface area contributed by atoms with Gasteiger partial charge in [0.15, 0.2) is 9.84 Å². The van der Waals surface area contributed by atoms with Crippen LogP contribution in [-0.2, 0) is 9.84 Å². The Balaban J connectivity index is 2.17. The fraction of sp³-hybridized carbons (Fsp3) is 0.250. The normalized spacial score (nSPS) is 12.9. The molecule has 112 valence electrons. The molecule has 1 atom stereocenters. The van der Waals surface area contributed by atoms with Crippen molar-refractivity contribution in [3.63, 3.8) is 0 Å². The van der Waals surface area contributed by atoms with Crippen molar-refractivity contribution < 1.29 is 12.8 Å². The lowest BCUT2D eigenvalue weighted by Gasteiger charge is -2.19. The molecule has 0 heterocycles. The first-order valence-electron chi connectivity index (χ1n) is 6.72. The molecule has 0 aromatic heterocycles. The molecular formula is C16H18FNO2S. The van der Waals surface area contributed by atoms with E-state index in [1.807, 2.05) is 6.92 Å². The van der Waals surface area contributed by atoms with Gasteiger partial charge in [-0.15, -0.1) is 0 Å². The van der Waals surface area contributed by atoms with Gasteiger partial charge >= 0.3 is 0 Å². The van der Waals surface area contributed by atoms with Gasteiger partial charge in [-0.05, 0) is 48.4 Å². The highest BCUT2D eigenvalue weighted by Crippen LogP contribution is 2.23. The van der Waals surface area contributed by atoms with Crippen LogP contribution < -0.4 is 5.32 Å². The molecule has 3 nitrogen and oxygen atoms in total. The molecule has 0 aliphatic heterocycles. The minimum absolute atomic E-state index is 0.0506. The summed E-state index contributed by atoms with van der Waals surface area (Å²) in [5.74, 6) is -0.258. The average Bonchev–Trinajstić information content (AvgIpc) is 2.45. The first-order chi connectivity index (χ1) is 9.90. The van der Waals surface area contributed by atoms with Crippen LogP contribution in [0.4, 0.5) is 10.1 Å². The fourth-order valence-electron chi connectivity index (χ4n) is 2.12. The number of rotatable bonds is 5. The Hall–Kier alpha value is -1.88. The zero-order valence-corrected chi connectivity index (χ0v) is 12.8. The van der Waals surface area contributed by atoms with Crippen LogP contribution in [0.15, 0.2) is 53.4 Å². The molecule has 21 heavy (non-hydrogen) atoms. The molecular weight excluding hydrogens is 289 g/mol. The van der Waals surface area contributed by atoms with Crippen molar-refractivity contribution >= 4 is 15.5 Å².